The Morgan fingerprint density at radius 3 is 1.28 bits per heavy atom. The van der Waals surface area contributed by atoms with E-state index in [4.69, 9.17) is 4.74 Å². The van der Waals surface area contributed by atoms with E-state index in [9.17, 15) is 112 Å². The Bertz CT molecular complexity index is 1820. The Hall–Kier alpha value is -4.82. The molecular weight excluding hydrogens is 857 g/mol. The van der Waals surface area contributed by atoms with Crippen molar-refractivity contribution >= 4 is 18.0 Å². The summed E-state index contributed by atoms with van der Waals surface area (Å²) in [6.45, 7) is -0.637. The number of fused-ring (bicyclic) bond motifs is 3. The van der Waals surface area contributed by atoms with Gasteiger partial charge in [0.25, 0.3) is 0 Å². The number of benzene rings is 2. The van der Waals surface area contributed by atoms with Crippen molar-refractivity contribution < 1.29 is 121 Å². The maximum absolute atomic E-state index is 14.1. The summed E-state index contributed by atoms with van der Waals surface area (Å²) in [4.78, 5) is 35.6. The molecule has 0 spiro atoms. The van der Waals surface area contributed by atoms with Crippen LogP contribution in [0.2, 0.25) is 0 Å². The molecule has 2 aromatic rings. The summed E-state index contributed by atoms with van der Waals surface area (Å²) in [5.41, 5.74) is 2.40. The summed E-state index contributed by atoms with van der Waals surface area (Å²) in [5, 5.41) is 10.5. The Morgan fingerprint density at radius 2 is 0.912 bits per heavy atom. The number of nitrogens with one attached hydrogen (secondary N) is 1. The summed E-state index contributed by atoms with van der Waals surface area (Å²) in [6, 6.07) is 9.89. The minimum atomic E-state index is -9.41. The van der Waals surface area contributed by atoms with Gasteiger partial charge in [0.05, 0.1) is 6.42 Å². The SMILES string of the molecule is O=C(C[C@H](NC(=O)OCC1c2ccccc2-c2ccccc21)C(=O)O)OC(F)(F)C(F)(F)C(F)(F)C(F)(F)C(F)(F)C(F)(F)C(F)(F)C(F)(F)C(F)(F)C(F)(F)F. The molecule has 0 aromatic heterocycles. The van der Waals surface area contributed by atoms with Gasteiger partial charge in [0.2, 0.25) is 0 Å². The highest BCUT2D eigenvalue weighted by atomic mass is 19.4. The Labute approximate surface area is 300 Å². The number of amides is 1. The van der Waals surface area contributed by atoms with Gasteiger partial charge in [-0.15, -0.1) is 0 Å². The second-order valence-electron chi connectivity index (χ2n) is 11.6. The molecule has 2 N–H and O–H groups in total. The first-order valence-corrected chi connectivity index (χ1v) is 14.4. The van der Waals surface area contributed by atoms with Gasteiger partial charge in [-0.3, -0.25) is 4.79 Å². The van der Waals surface area contributed by atoms with Gasteiger partial charge >= 0.3 is 77.7 Å². The third-order valence-electron chi connectivity index (χ3n) is 8.03. The van der Waals surface area contributed by atoms with Crippen LogP contribution in [0.25, 0.3) is 11.1 Å². The normalized spacial score (nSPS) is 15.7. The molecule has 0 aliphatic heterocycles. The highest BCUT2D eigenvalue weighted by Gasteiger charge is 2.98. The van der Waals surface area contributed by atoms with Crippen molar-refractivity contribution in [1.29, 1.82) is 0 Å². The average molecular weight is 873 g/mol. The molecule has 1 atom stereocenters. The van der Waals surface area contributed by atoms with Crippen LogP contribution >= 0.6 is 0 Å². The van der Waals surface area contributed by atoms with Crippen molar-refractivity contribution in [3.05, 3.63) is 59.7 Å². The van der Waals surface area contributed by atoms with Gasteiger partial charge in [0.1, 0.15) is 12.6 Å². The molecule has 2 aromatic carbocycles. The van der Waals surface area contributed by atoms with Gasteiger partial charge in [-0.25, -0.2) is 9.59 Å². The van der Waals surface area contributed by atoms with Crippen molar-refractivity contribution in [2.24, 2.45) is 0 Å². The van der Waals surface area contributed by atoms with E-state index >= 15 is 0 Å². The lowest BCUT2D eigenvalue weighted by Crippen LogP contribution is -2.77. The van der Waals surface area contributed by atoms with Crippen molar-refractivity contribution in [2.45, 2.75) is 78.0 Å². The molecule has 3 rings (SSSR count). The molecule has 0 heterocycles. The highest BCUT2D eigenvalue weighted by molar-refractivity contribution is 5.85. The quantitative estimate of drug-likeness (QED) is 0.137. The number of halogens is 21. The van der Waals surface area contributed by atoms with Crippen molar-refractivity contribution in [2.75, 3.05) is 6.61 Å². The lowest BCUT2D eigenvalue weighted by atomic mass is 9.87. The number of carboxylic acids is 1. The molecule has 0 unspecified atom stereocenters. The number of carboxylic acid groups (broad SMARTS) is 1. The molecule has 320 valence electrons. The van der Waals surface area contributed by atoms with E-state index in [1.807, 2.05) is 0 Å². The van der Waals surface area contributed by atoms with E-state index in [0.29, 0.717) is 22.3 Å². The molecule has 7 nitrogen and oxygen atoms in total. The van der Waals surface area contributed by atoms with Crippen LogP contribution in [0, 0.1) is 0 Å². The van der Waals surface area contributed by atoms with Crippen molar-refractivity contribution in [1.82, 2.24) is 5.32 Å². The van der Waals surface area contributed by atoms with Gasteiger partial charge in [0.15, 0.2) is 0 Å². The fraction of sp³-hybridized carbons (Fsp3) is 0.483. The molecule has 0 saturated carbocycles. The first kappa shape index (κ1) is 46.6. The second kappa shape index (κ2) is 14.2. The smallest absolute Gasteiger partial charge is 0.473 e. The van der Waals surface area contributed by atoms with Crippen LogP contribution in [0.1, 0.15) is 23.5 Å². The monoisotopic (exact) mass is 873 g/mol. The van der Waals surface area contributed by atoms with E-state index in [1.54, 1.807) is 48.5 Å². The molecule has 0 fully saturated rings. The van der Waals surface area contributed by atoms with E-state index in [1.165, 1.54) is 5.32 Å². The fourth-order valence-corrected chi connectivity index (χ4v) is 4.94. The molecule has 57 heavy (non-hydrogen) atoms. The average Bonchev–Trinajstić information content (AvgIpc) is 3.38. The third-order valence-corrected chi connectivity index (χ3v) is 8.03. The molecule has 1 aliphatic carbocycles. The molecule has 0 radical (unpaired) electrons. The van der Waals surface area contributed by atoms with E-state index in [-0.39, 0.29) is 0 Å². The van der Waals surface area contributed by atoms with Gasteiger partial charge in [-0.2, -0.15) is 92.2 Å². The standard InChI is InChI=1S/C29H16F21NO6/c30-20(31,22(34,35)24(38,39)26(42,43)28(46,47)48)21(32,33)23(36,37)25(40,41)27(44,45)29(49,50)57-17(52)9-16(18(53)54)51-19(55)56-10-15-13-7-3-1-5-11(13)12-6-2-4-8-14(12)15/h1-8,15-16H,9-10H2,(H,51,55)(H,53,54)/t16-/m0/s1. The minimum absolute atomic E-state index is 0.548. The zero-order valence-corrected chi connectivity index (χ0v) is 26.6. The van der Waals surface area contributed by atoms with Gasteiger partial charge in [0, 0.05) is 5.92 Å². The zero-order chi connectivity index (χ0) is 44.4. The summed E-state index contributed by atoms with van der Waals surface area (Å²) < 4.78 is 292. The van der Waals surface area contributed by atoms with Crippen LogP contribution in [0.4, 0.5) is 97.0 Å². The minimum Gasteiger partial charge on any atom is -0.480 e. The number of carbonyl (C=O) groups is 3. The first-order valence-electron chi connectivity index (χ1n) is 14.4. The summed E-state index contributed by atoms with van der Waals surface area (Å²) in [6.07, 6.45) is -20.1. The fourth-order valence-electron chi connectivity index (χ4n) is 4.94. The van der Waals surface area contributed by atoms with Gasteiger partial charge < -0.3 is 19.9 Å². The zero-order valence-electron chi connectivity index (χ0n) is 26.6. The molecule has 28 heteroatoms. The maximum Gasteiger partial charge on any atom is 0.473 e. The maximum atomic E-state index is 14.1. The van der Waals surface area contributed by atoms with E-state index in [2.05, 4.69) is 4.74 Å². The van der Waals surface area contributed by atoms with Crippen LogP contribution < -0.4 is 5.32 Å². The largest absolute Gasteiger partial charge is 0.480 e. The first-order chi connectivity index (χ1) is 25.4. The molecule has 0 saturated heterocycles. The summed E-state index contributed by atoms with van der Waals surface area (Å²) >= 11 is 0. The Kier molecular flexibility index (Phi) is 11.6. The van der Waals surface area contributed by atoms with E-state index in [0.717, 1.165) is 0 Å². The number of hydrogen-bond acceptors (Lipinski definition) is 5. The van der Waals surface area contributed by atoms with Crippen LogP contribution in [-0.2, 0) is 19.1 Å². The Morgan fingerprint density at radius 1 is 0.561 bits per heavy atom. The number of aliphatic carboxylic acids is 1. The number of alkyl carbamates (subject to hydrolysis) is 1. The topological polar surface area (TPSA) is 102 Å². The van der Waals surface area contributed by atoms with Crippen LogP contribution in [0.5, 0.6) is 0 Å². The third kappa shape index (κ3) is 7.09. The highest BCUT2D eigenvalue weighted by Crippen LogP contribution is 2.66. The van der Waals surface area contributed by atoms with Crippen LogP contribution in [-0.4, -0.2) is 95.5 Å². The number of hydrogen-bond donors (Lipinski definition) is 2. The number of alkyl halides is 21. The molecule has 0 bridgehead atoms. The molecule has 1 aliphatic rings. The number of carbonyl (C=O) groups excluding carboxylic acids is 2. The summed E-state index contributed by atoms with van der Waals surface area (Å²) in [5.74, 6) is -79.2. The number of esters is 1. The lowest BCUT2D eigenvalue weighted by Gasteiger charge is -2.44. The van der Waals surface area contributed by atoms with Crippen molar-refractivity contribution in [3.63, 3.8) is 0 Å². The number of rotatable bonds is 15. The lowest BCUT2D eigenvalue weighted by molar-refractivity contribution is -0.482. The predicted molar refractivity (Wildman–Crippen MR) is 141 cm³/mol. The molecule has 1 amide bonds. The van der Waals surface area contributed by atoms with Gasteiger partial charge in [-0.05, 0) is 22.3 Å². The molecular formula is C29H16F21NO6. The van der Waals surface area contributed by atoms with Crippen LogP contribution in [0.15, 0.2) is 48.5 Å². The van der Waals surface area contributed by atoms with Crippen molar-refractivity contribution in [3.8, 4) is 11.1 Å². The number of ether oxygens (including phenoxy) is 2. The van der Waals surface area contributed by atoms with E-state index < -0.39 is 103 Å². The van der Waals surface area contributed by atoms with Gasteiger partial charge in [-0.1, -0.05) is 48.5 Å². The summed E-state index contributed by atoms with van der Waals surface area (Å²) in [7, 11) is 0. The Balaban J connectivity index is 1.82. The van der Waals surface area contributed by atoms with Crippen LogP contribution in [0.3, 0.4) is 0 Å². The predicted octanol–water partition coefficient (Wildman–Crippen LogP) is 9.15. The second-order valence-corrected chi connectivity index (χ2v) is 11.6.